The largest absolute Gasteiger partial charge is 0.456 e. The number of carbonyl (C=O) groups is 3. The first kappa shape index (κ1) is 27.1. The van der Waals surface area contributed by atoms with Crippen LogP contribution in [0.3, 0.4) is 0 Å². The normalized spacial score (nSPS) is 20.5. The van der Waals surface area contributed by atoms with Crippen LogP contribution in [0, 0.1) is 5.92 Å². The van der Waals surface area contributed by atoms with Crippen LogP contribution in [0.5, 0.6) is 0 Å². The molecule has 0 saturated carbocycles. The second kappa shape index (κ2) is 14.8. The Kier molecular flexibility index (Phi) is 11.2. The zero-order valence-corrected chi connectivity index (χ0v) is 20.6. The topological polar surface area (TPSA) is 105 Å². The monoisotopic (exact) mass is 492 g/mol. The van der Waals surface area contributed by atoms with Gasteiger partial charge in [-0.05, 0) is 43.2 Å². The molecule has 0 bridgehead atoms. The van der Waals surface area contributed by atoms with Gasteiger partial charge in [-0.2, -0.15) is 0 Å². The molecule has 0 radical (unpaired) electrons. The van der Waals surface area contributed by atoms with E-state index in [2.05, 4.69) is 10.6 Å². The maximum atomic E-state index is 13.1. The average Bonchev–Trinajstić information content (AvgIpc) is 2.89. The van der Waals surface area contributed by atoms with Crippen molar-refractivity contribution in [3.8, 4) is 0 Å². The van der Waals surface area contributed by atoms with E-state index in [4.69, 9.17) is 4.74 Å². The van der Waals surface area contributed by atoms with Gasteiger partial charge in [0.15, 0.2) is 0 Å². The highest BCUT2D eigenvalue weighted by atomic mass is 16.5. The molecule has 0 unspecified atom stereocenters. The van der Waals surface area contributed by atoms with E-state index in [1.165, 1.54) is 0 Å². The molecule has 0 spiro atoms. The number of aliphatic hydroxyl groups is 1. The summed E-state index contributed by atoms with van der Waals surface area (Å²) in [6.07, 6.45) is 6.96. The Balaban J connectivity index is 1.66. The predicted octanol–water partition coefficient (Wildman–Crippen LogP) is 3.63. The van der Waals surface area contributed by atoms with E-state index >= 15 is 0 Å². The number of hydrogen-bond acceptors (Lipinski definition) is 5. The fourth-order valence-corrected chi connectivity index (χ4v) is 4.21. The lowest BCUT2D eigenvalue weighted by molar-refractivity contribution is -0.150. The number of nitrogens with one attached hydrogen (secondary N) is 2. The minimum absolute atomic E-state index is 0.00272. The average molecular weight is 493 g/mol. The molecule has 0 saturated heterocycles. The predicted molar refractivity (Wildman–Crippen MR) is 138 cm³/mol. The van der Waals surface area contributed by atoms with Crippen LogP contribution in [-0.2, 0) is 25.5 Å². The number of hydrogen-bond donors (Lipinski definition) is 3. The molecule has 2 aromatic carbocycles. The third kappa shape index (κ3) is 9.30. The maximum Gasteiger partial charge on any atom is 0.306 e. The molecule has 36 heavy (non-hydrogen) atoms. The molecule has 0 aromatic heterocycles. The first-order chi connectivity index (χ1) is 17.5. The van der Waals surface area contributed by atoms with Crippen molar-refractivity contribution in [3.63, 3.8) is 0 Å². The third-order valence-corrected chi connectivity index (χ3v) is 6.21. The van der Waals surface area contributed by atoms with Crippen molar-refractivity contribution in [1.82, 2.24) is 10.6 Å². The van der Waals surface area contributed by atoms with E-state index in [0.29, 0.717) is 19.3 Å². The molecular formula is C29H36N2O5. The van der Waals surface area contributed by atoms with E-state index in [-0.39, 0.29) is 37.4 Å². The summed E-state index contributed by atoms with van der Waals surface area (Å²) >= 11 is 0. The van der Waals surface area contributed by atoms with Gasteiger partial charge in [0.1, 0.15) is 6.10 Å². The number of carbonyl (C=O) groups excluding carboxylic acids is 3. The fraction of sp³-hybridized carbons (Fsp3) is 0.414. The smallest absolute Gasteiger partial charge is 0.306 e. The Morgan fingerprint density at radius 1 is 1.03 bits per heavy atom. The van der Waals surface area contributed by atoms with Crippen molar-refractivity contribution in [2.75, 3.05) is 13.2 Å². The standard InChI is InChI=1S/C29H36N2O5/c32-21-25(18-22-12-6-4-7-13-22)31-27(33)19-24-16-8-2-1-3-11-17-28(34)36-26(20-30-29(24)35)23-14-9-5-10-15-23/h2,4-10,12-15,24-26,32H,1,3,11,16-21H2,(H,30,35)(H,31,33)/t24-,25-,26-/m1/s1. The summed E-state index contributed by atoms with van der Waals surface area (Å²) in [6, 6.07) is 18.5. The van der Waals surface area contributed by atoms with Gasteiger partial charge in [-0.3, -0.25) is 14.4 Å². The highest BCUT2D eigenvalue weighted by molar-refractivity contribution is 5.86. The van der Waals surface area contributed by atoms with Crippen LogP contribution in [0.25, 0.3) is 0 Å². The van der Waals surface area contributed by atoms with Gasteiger partial charge in [-0.1, -0.05) is 72.8 Å². The van der Waals surface area contributed by atoms with Gasteiger partial charge in [0.05, 0.1) is 25.1 Å². The van der Waals surface area contributed by atoms with E-state index in [1.54, 1.807) is 0 Å². The zero-order valence-electron chi connectivity index (χ0n) is 20.6. The molecule has 7 nitrogen and oxygen atoms in total. The molecule has 3 atom stereocenters. The number of cyclic esters (lactones) is 1. The van der Waals surface area contributed by atoms with Crippen molar-refractivity contribution in [3.05, 3.63) is 83.9 Å². The molecule has 2 amide bonds. The summed E-state index contributed by atoms with van der Waals surface area (Å²) in [4.78, 5) is 38.3. The number of amides is 2. The molecule has 1 aliphatic heterocycles. The SMILES string of the molecule is O=C(C[C@H]1CC=CCCCCC(=O)O[C@@H](c2ccccc2)CNC1=O)N[C@@H](CO)Cc1ccccc1. The highest BCUT2D eigenvalue weighted by Gasteiger charge is 2.25. The van der Waals surface area contributed by atoms with Gasteiger partial charge in [-0.25, -0.2) is 0 Å². The number of benzene rings is 2. The van der Waals surface area contributed by atoms with Gasteiger partial charge < -0.3 is 20.5 Å². The van der Waals surface area contributed by atoms with Crippen LogP contribution in [0.4, 0.5) is 0 Å². The van der Waals surface area contributed by atoms with Crippen LogP contribution in [0.2, 0.25) is 0 Å². The second-order valence-electron chi connectivity index (χ2n) is 9.13. The quantitative estimate of drug-likeness (QED) is 0.404. The minimum atomic E-state index is -0.597. The minimum Gasteiger partial charge on any atom is -0.456 e. The molecule has 0 aliphatic carbocycles. The van der Waals surface area contributed by atoms with Gasteiger partial charge in [0, 0.05) is 12.8 Å². The van der Waals surface area contributed by atoms with Gasteiger partial charge in [0.25, 0.3) is 0 Å². The lowest BCUT2D eigenvalue weighted by Crippen LogP contribution is -2.42. The number of rotatable bonds is 7. The Morgan fingerprint density at radius 2 is 1.75 bits per heavy atom. The van der Waals surface area contributed by atoms with Crippen LogP contribution in [0.1, 0.15) is 55.8 Å². The Morgan fingerprint density at radius 3 is 2.47 bits per heavy atom. The first-order valence-electron chi connectivity index (χ1n) is 12.7. The fourth-order valence-electron chi connectivity index (χ4n) is 4.21. The Hall–Kier alpha value is -3.45. The summed E-state index contributed by atoms with van der Waals surface area (Å²) in [7, 11) is 0. The van der Waals surface area contributed by atoms with Crippen LogP contribution in [-0.4, -0.2) is 42.1 Å². The van der Waals surface area contributed by atoms with Crippen LogP contribution >= 0.6 is 0 Å². The van der Waals surface area contributed by atoms with E-state index in [0.717, 1.165) is 30.4 Å². The molecule has 0 fully saturated rings. The molecular weight excluding hydrogens is 456 g/mol. The Bertz CT molecular complexity index is 993. The molecule has 1 aliphatic rings. The summed E-state index contributed by atoms with van der Waals surface area (Å²) in [6.45, 7) is -0.0643. The van der Waals surface area contributed by atoms with Gasteiger partial charge in [0.2, 0.25) is 11.8 Å². The van der Waals surface area contributed by atoms with Gasteiger partial charge in [-0.15, -0.1) is 0 Å². The zero-order chi connectivity index (χ0) is 25.6. The summed E-state index contributed by atoms with van der Waals surface area (Å²) < 4.78 is 5.69. The van der Waals surface area contributed by atoms with Crippen molar-refractivity contribution >= 4 is 17.8 Å². The second-order valence-corrected chi connectivity index (χ2v) is 9.13. The summed E-state index contributed by atoms with van der Waals surface area (Å²) in [5.74, 6) is -1.42. The summed E-state index contributed by atoms with van der Waals surface area (Å²) in [5.41, 5.74) is 1.82. The molecule has 192 valence electrons. The van der Waals surface area contributed by atoms with E-state index in [1.807, 2.05) is 72.8 Å². The first-order valence-corrected chi connectivity index (χ1v) is 12.7. The number of aliphatic hydroxyl groups excluding tert-OH is 1. The number of allylic oxidation sites excluding steroid dienone is 2. The lowest BCUT2D eigenvalue weighted by atomic mass is 9.98. The maximum absolute atomic E-state index is 13.1. The molecule has 2 aromatic rings. The molecule has 3 N–H and O–H groups in total. The van der Waals surface area contributed by atoms with Gasteiger partial charge >= 0.3 is 5.97 Å². The number of esters is 1. The van der Waals surface area contributed by atoms with Crippen molar-refractivity contribution in [2.24, 2.45) is 5.92 Å². The molecule has 3 rings (SSSR count). The van der Waals surface area contributed by atoms with Crippen molar-refractivity contribution in [2.45, 2.75) is 57.1 Å². The third-order valence-electron chi connectivity index (χ3n) is 6.21. The summed E-state index contributed by atoms with van der Waals surface area (Å²) in [5, 5.41) is 15.5. The lowest BCUT2D eigenvalue weighted by Gasteiger charge is -2.22. The highest BCUT2D eigenvalue weighted by Crippen LogP contribution is 2.20. The van der Waals surface area contributed by atoms with Crippen molar-refractivity contribution < 1.29 is 24.2 Å². The molecule has 7 heteroatoms. The Labute approximate surface area is 212 Å². The van der Waals surface area contributed by atoms with Crippen LogP contribution < -0.4 is 10.6 Å². The van der Waals surface area contributed by atoms with Crippen molar-refractivity contribution in [1.29, 1.82) is 0 Å². The van der Waals surface area contributed by atoms with E-state index in [9.17, 15) is 19.5 Å². The number of ether oxygens (including phenoxy) is 1. The molecule has 1 heterocycles. The van der Waals surface area contributed by atoms with Crippen LogP contribution in [0.15, 0.2) is 72.8 Å². The van der Waals surface area contributed by atoms with E-state index < -0.39 is 18.1 Å².